The Labute approximate surface area is 92.1 Å². The first-order valence-corrected chi connectivity index (χ1v) is 5.19. The van der Waals surface area contributed by atoms with Gasteiger partial charge in [-0.05, 0) is 31.9 Å². The van der Waals surface area contributed by atoms with Crippen LogP contribution in [0.15, 0.2) is 28.7 Å². The molecule has 14 heavy (non-hydrogen) atoms. The van der Waals surface area contributed by atoms with E-state index in [0.717, 1.165) is 10.0 Å². The van der Waals surface area contributed by atoms with E-state index in [1.54, 1.807) is 13.8 Å². The summed E-state index contributed by atoms with van der Waals surface area (Å²) in [7, 11) is 0. The third-order valence-corrected chi connectivity index (χ3v) is 2.94. The van der Waals surface area contributed by atoms with Gasteiger partial charge in [0.1, 0.15) is 0 Å². The molecule has 0 atom stereocenters. The largest absolute Gasteiger partial charge is 0.481 e. The first-order valence-electron chi connectivity index (χ1n) is 4.40. The number of benzene rings is 1. The number of halogens is 1. The van der Waals surface area contributed by atoms with Crippen LogP contribution in [-0.2, 0) is 11.2 Å². The highest BCUT2D eigenvalue weighted by Crippen LogP contribution is 2.26. The minimum atomic E-state index is -0.770. The molecule has 0 aliphatic carbocycles. The summed E-state index contributed by atoms with van der Waals surface area (Å²) in [4.78, 5) is 10.9. The molecule has 0 bridgehead atoms. The third-order valence-electron chi connectivity index (χ3n) is 2.17. The highest BCUT2D eigenvalue weighted by atomic mass is 79.9. The van der Waals surface area contributed by atoms with E-state index in [0.29, 0.717) is 6.42 Å². The maximum atomic E-state index is 10.9. The second-order valence-electron chi connectivity index (χ2n) is 3.96. The topological polar surface area (TPSA) is 37.3 Å². The van der Waals surface area contributed by atoms with E-state index >= 15 is 0 Å². The van der Waals surface area contributed by atoms with E-state index in [-0.39, 0.29) is 0 Å². The minimum Gasteiger partial charge on any atom is -0.481 e. The zero-order valence-electron chi connectivity index (χ0n) is 8.25. The number of carbonyl (C=O) groups is 1. The molecule has 2 nitrogen and oxygen atoms in total. The van der Waals surface area contributed by atoms with Crippen molar-refractivity contribution in [2.24, 2.45) is 5.41 Å². The fourth-order valence-corrected chi connectivity index (χ4v) is 1.62. The number of carboxylic acids is 1. The molecule has 0 saturated heterocycles. The van der Waals surface area contributed by atoms with Crippen molar-refractivity contribution in [1.82, 2.24) is 0 Å². The van der Waals surface area contributed by atoms with Gasteiger partial charge in [-0.1, -0.05) is 34.1 Å². The zero-order valence-corrected chi connectivity index (χ0v) is 9.84. The third kappa shape index (κ3) is 2.58. The number of aliphatic carboxylic acids is 1. The number of hydrogen-bond acceptors (Lipinski definition) is 1. The molecule has 1 rings (SSSR count). The van der Waals surface area contributed by atoms with Gasteiger partial charge < -0.3 is 5.11 Å². The Kier molecular flexibility index (Phi) is 3.32. The van der Waals surface area contributed by atoms with Gasteiger partial charge in [0.15, 0.2) is 0 Å². The highest BCUT2D eigenvalue weighted by molar-refractivity contribution is 9.10. The van der Waals surface area contributed by atoms with Crippen LogP contribution in [0.25, 0.3) is 0 Å². The summed E-state index contributed by atoms with van der Waals surface area (Å²) in [6.45, 7) is 3.46. The van der Waals surface area contributed by atoms with Crippen LogP contribution in [0.2, 0.25) is 0 Å². The van der Waals surface area contributed by atoms with E-state index in [2.05, 4.69) is 15.9 Å². The molecule has 3 heteroatoms. The van der Waals surface area contributed by atoms with Crippen molar-refractivity contribution in [2.45, 2.75) is 20.3 Å². The van der Waals surface area contributed by atoms with E-state index in [1.807, 2.05) is 24.3 Å². The lowest BCUT2D eigenvalue weighted by atomic mass is 9.86. The molecule has 76 valence electrons. The summed E-state index contributed by atoms with van der Waals surface area (Å²) in [6, 6.07) is 7.70. The molecule has 0 heterocycles. The van der Waals surface area contributed by atoms with Crippen molar-refractivity contribution in [2.75, 3.05) is 0 Å². The van der Waals surface area contributed by atoms with E-state index in [9.17, 15) is 4.79 Å². The molecule has 0 aliphatic heterocycles. The molecular weight excluding hydrogens is 244 g/mol. The Bertz CT molecular complexity index is 345. The van der Waals surface area contributed by atoms with Gasteiger partial charge in [-0.2, -0.15) is 0 Å². The maximum Gasteiger partial charge on any atom is 0.309 e. The van der Waals surface area contributed by atoms with Crippen LogP contribution in [0.3, 0.4) is 0 Å². The standard InChI is InChI=1S/C11H13BrO2/c1-11(2,10(13)14)7-8-5-3-4-6-9(8)12/h3-6H,7H2,1-2H3,(H,13,14). The monoisotopic (exact) mass is 256 g/mol. The lowest BCUT2D eigenvalue weighted by molar-refractivity contribution is -0.146. The molecule has 0 amide bonds. The van der Waals surface area contributed by atoms with Crippen molar-refractivity contribution >= 4 is 21.9 Å². The van der Waals surface area contributed by atoms with Crippen molar-refractivity contribution in [3.05, 3.63) is 34.3 Å². The Morgan fingerprint density at radius 1 is 1.43 bits per heavy atom. The normalized spacial score (nSPS) is 11.4. The number of hydrogen-bond donors (Lipinski definition) is 1. The number of rotatable bonds is 3. The molecule has 0 unspecified atom stereocenters. The summed E-state index contributed by atoms with van der Waals surface area (Å²) in [5, 5.41) is 8.98. The molecule has 0 fully saturated rings. The molecule has 0 radical (unpaired) electrons. The molecule has 0 aromatic heterocycles. The summed E-state index contributed by atoms with van der Waals surface area (Å²) in [6.07, 6.45) is 0.532. The lowest BCUT2D eigenvalue weighted by Crippen LogP contribution is -2.26. The summed E-state index contributed by atoms with van der Waals surface area (Å²) >= 11 is 3.41. The first-order chi connectivity index (χ1) is 6.43. The average Bonchev–Trinajstić information content (AvgIpc) is 2.08. The summed E-state index contributed by atoms with van der Waals surface area (Å²) in [5.41, 5.74) is 0.309. The zero-order chi connectivity index (χ0) is 10.8. The predicted octanol–water partition coefficient (Wildman–Crippen LogP) is 3.10. The summed E-state index contributed by atoms with van der Waals surface area (Å²) in [5.74, 6) is -0.770. The van der Waals surface area contributed by atoms with Crippen LogP contribution >= 0.6 is 15.9 Å². The van der Waals surface area contributed by atoms with Crippen molar-refractivity contribution < 1.29 is 9.90 Å². The summed E-state index contributed by atoms with van der Waals surface area (Å²) < 4.78 is 0.967. The quantitative estimate of drug-likeness (QED) is 0.903. The van der Waals surface area contributed by atoms with Crippen molar-refractivity contribution in [3.8, 4) is 0 Å². The van der Waals surface area contributed by atoms with Gasteiger partial charge in [0.2, 0.25) is 0 Å². The molecule has 0 aliphatic rings. The van der Waals surface area contributed by atoms with E-state index < -0.39 is 11.4 Å². The molecule has 0 spiro atoms. The molecule has 1 N–H and O–H groups in total. The Morgan fingerprint density at radius 2 is 2.00 bits per heavy atom. The second-order valence-corrected chi connectivity index (χ2v) is 4.81. The highest BCUT2D eigenvalue weighted by Gasteiger charge is 2.27. The van der Waals surface area contributed by atoms with Gasteiger partial charge in [0.05, 0.1) is 5.41 Å². The predicted molar refractivity (Wildman–Crippen MR) is 59.3 cm³/mol. The fraction of sp³-hybridized carbons (Fsp3) is 0.364. The second kappa shape index (κ2) is 4.13. The van der Waals surface area contributed by atoms with Gasteiger partial charge in [-0.15, -0.1) is 0 Å². The molecular formula is C11H13BrO2. The van der Waals surface area contributed by atoms with Crippen LogP contribution in [0, 0.1) is 5.41 Å². The average molecular weight is 257 g/mol. The van der Waals surface area contributed by atoms with Crippen LogP contribution in [0.4, 0.5) is 0 Å². The van der Waals surface area contributed by atoms with Crippen LogP contribution in [0.5, 0.6) is 0 Å². The van der Waals surface area contributed by atoms with Crippen LogP contribution < -0.4 is 0 Å². The molecule has 1 aromatic carbocycles. The molecule has 0 saturated carbocycles. The first kappa shape index (κ1) is 11.2. The van der Waals surface area contributed by atoms with E-state index in [1.165, 1.54) is 0 Å². The lowest BCUT2D eigenvalue weighted by Gasteiger charge is -2.19. The fourth-order valence-electron chi connectivity index (χ4n) is 1.19. The van der Waals surface area contributed by atoms with Crippen molar-refractivity contribution in [1.29, 1.82) is 0 Å². The Hall–Kier alpha value is -0.830. The van der Waals surface area contributed by atoms with Gasteiger partial charge in [-0.25, -0.2) is 0 Å². The van der Waals surface area contributed by atoms with Crippen LogP contribution in [0.1, 0.15) is 19.4 Å². The van der Waals surface area contributed by atoms with Gasteiger partial charge >= 0.3 is 5.97 Å². The Balaban J connectivity index is 2.89. The number of carboxylic acid groups (broad SMARTS) is 1. The van der Waals surface area contributed by atoms with Crippen molar-refractivity contribution in [3.63, 3.8) is 0 Å². The Morgan fingerprint density at radius 3 is 2.50 bits per heavy atom. The minimum absolute atomic E-state index is 0.532. The van der Waals surface area contributed by atoms with Crippen LogP contribution in [-0.4, -0.2) is 11.1 Å². The van der Waals surface area contributed by atoms with Gasteiger partial charge in [0, 0.05) is 4.47 Å². The van der Waals surface area contributed by atoms with E-state index in [4.69, 9.17) is 5.11 Å². The molecule has 1 aromatic rings. The SMILES string of the molecule is CC(C)(Cc1ccccc1Br)C(=O)O. The van der Waals surface area contributed by atoms with Gasteiger partial charge in [0.25, 0.3) is 0 Å². The maximum absolute atomic E-state index is 10.9. The smallest absolute Gasteiger partial charge is 0.309 e. The van der Waals surface area contributed by atoms with Gasteiger partial charge in [-0.3, -0.25) is 4.79 Å².